The molecule has 1 rings (SSSR count). The molecule has 62 valence electrons. The number of rotatable bonds is 2. The van der Waals surface area contributed by atoms with Crippen molar-refractivity contribution in [3.8, 4) is 6.07 Å². The van der Waals surface area contributed by atoms with Crippen LogP contribution >= 0.6 is 11.6 Å². The Bertz CT molecular complexity index is 328. The van der Waals surface area contributed by atoms with Crippen LogP contribution in [0.3, 0.4) is 0 Å². The van der Waals surface area contributed by atoms with E-state index in [1.165, 1.54) is 0 Å². The van der Waals surface area contributed by atoms with E-state index in [4.69, 9.17) is 16.9 Å². The summed E-state index contributed by atoms with van der Waals surface area (Å²) in [5.41, 5.74) is 0. The van der Waals surface area contributed by atoms with Gasteiger partial charge in [-0.05, 0) is 24.3 Å². The van der Waals surface area contributed by atoms with E-state index in [1.54, 1.807) is 24.3 Å². The van der Waals surface area contributed by atoms with Gasteiger partial charge in [0.2, 0.25) is 0 Å². The van der Waals surface area contributed by atoms with E-state index in [1.807, 2.05) is 6.07 Å². The molecule has 0 aliphatic carbocycles. The Morgan fingerprint density at radius 1 is 1.42 bits per heavy atom. The van der Waals surface area contributed by atoms with E-state index in [2.05, 4.69) is 0 Å². The van der Waals surface area contributed by atoms with Gasteiger partial charge in [-0.15, -0.1) is 0 Å². The molecule has 1 aromatic rings. The van der Waals surface area contributed by atoms with E-state index in [-0.39, 0.29) is 5.75 Å². The lowest BCUT2D eigenvalue weighted by Crippen LogP contribution is -1.94. The molecule has 0 radical (unpaired) electrons. The van der Waals surface area contributed by atoms with Crippen LogP contribution < -0.4 is 0 Å². The summed E-state index contributed by atoms with van der Waals surface area (Å²) >= 11 is 5.63. The lowest BCUT2D eigenvalue weighted by atomic mass is 10.4. The van der Waals surface area contributed by atoms with Crippen molar-refractivity contribution >= 4 is 22.4 Å². The zero-order valence-electron chi connectivity index (χ0n) is 6.16. The van der Waals surface area contributed by atoms with Crippen molar-refractivity contribution in [2.24, 2.45) is 0 Å². The minimum atomic E-state index is -1.21. The topological polar surface area (TPSA) is 40.9 Å². The quantitative estimate of drug-likeness (QED) is 0.731. The Balaban J connectivity index is 2.84. The summed E-state index contributed by atoms with van der Waals surface area (Å²) < 4.78 is 11.2. The first kappa shape index (κ1) is 9.24. The van der Waals surface area contributed by atoms with E-state index in [0.29, 0.717) is 9.92 Å². The van der Waals surface area contributed by atoms with Crippen molar-refractivity contribution in [3.05, 3.63) is 29.3 Å². The normalized spacial score (nSPS) is 12.0. The Hall–Kier alpha value is -0.850. The maximum Gasteiger partial charge on any atom is 0.115 e. The minimum absolute atomic E-state index is 0.0294. The van der Waals surface area contributed by atoms with Crippen molar-refractivity contribution < 1.29 is 4.21 Å². The number of halogens is 1. The van der Waals surface area contributed by atoms with Crippen LogP contribution in [-0.4, -0.2) is 9.96 Å². The van der Waals surface area contributed by atoms with Gasteiger partial charge >= 0.3 is 0 Å². The van der Waals surface area contributed by atoms with Crippen LogP contribution in [0.2, 0.25) is 5.02 Å². The monoisotopic (exact) mass is 199 g/mol. The molecule has 2 nitrogen and oxygen atoms in total. The summed E-state index contributed by atoms with van der Waals surface area (Å²) in [4.78, 5) is 0.640. The van der Waals surface area contributed by atoms with Crippen molar-refractivity contribution in [3.63, 3.8) is 0 Å². The number of nitriles is 1. The van der Waals surface area contributed by atoms with Crippen LogP contribution in [0, 0.1) is 11.3 Å². The Morgan fingerprint density at radius 3 is 2.50 bits per heavy atom. The Labute approximate surface area is 78.2 Å². The molecule has 0 aromatic heterocycles. The van der Waals surface area contributed by atoms with Crippen LogP contribution in [0.25, 0.3) is 0 Å². The van der Waals surface area contributed by atoms with Crippen LogP contribution in [0.5, 0.6) is 0 Å². The molecule has 0 saturated heterocycles. The highest BCUT2D eigenvalue weighted by Crippen LogP contribution is 2.12. The maximum atomic E-state index is 11.2. The fourth-order valence-corrected chi connectivity index (χ4v) is 1.58. The fourth-order valence-electron chi connectivity index (χ4n) is 0.728. The second-order valence-electron chi connectivity index (χ2n) is 2.10. The van der Waals surface area contributed by atoms with Crippen LogP contribution in [0.15, 0.2) is 29.2 Å². The van der Waals surface area contributed by atoms with E-state index in [9.17, 15) is 4.21 Å². The van der Waals surface area contributed by atoms with Crippen LogP contribution in [-0.2, 0) is 10.8 Å². The lowest BCUT2D eigenvalue weighted by Gasteiger charge is -1.96. The van der Waals surface area contributed by atoms with E-state index in [0.717, 1.165) is 0 Å². The molecule has 1 aromatic carbocycles. The predicted molar refractivity (Wildman–Crippen MR) is 48.3 cm³/mol. The maximum absolute atomic E-state index is 11.2. The number of hydrogen-bond donors (Lipinski definition) is 0. The summed E-state index contributed by atoms with van der Waals surface area (Å²) in [6.07, 6.45) is 0. The van der Waals surface area contributed by atoms with E-state index < -0.39 is 10.8 Å². The molecule has 0 aliphatic rings. The Morgan fingerprint density at radius 2 is 2.00 bits per heavy atom. The first-order valence-electron chi connectivity index (χ1n) is 3.25. The summed E-state index contributed by atoms with van der Waals surface area (Å²) in [6.45, 7) is 0. The van der Waals surface area contributed by atoms with Gasteiger partial charge in [-0.25, -0.2) is 0 Å². The molecule has 0 heterocycles. The van der Waals surface area contributed by atoms with Gasteiger partial charge in [0.1, 0.15) is 5.75 Å². The highest BCUT2D eigenvalue weighted by Gasteiger charge is 2.01. The molecule has 0 N–H and O–H groups in total. The molecular weight excluding hydrogens is 194 g/mol. The molecule has 0 amide bonds. The highest BCUT2D eigenvalue weighted by atomic mass is 35.5. The minimum Gasteiger partial charge on any atom is -0.253 e. The first-order valence-corrected chi connectivity index (χ1v) is 4.94. The molecule has 0 aliphatic heterocycles. The van der Waals surface area contributed by atoms with Crippen molar-refractivity contribution in [2.45, 2.75) is 4.90 Å². The number of hydrogen-bond acceptors (Lipinski definition) is 2. The lowest BCUT2D eigenvalue weighted by molar-refractivity contribution is 0.685. The molecule has 0 fully saturated rings. The third-order valence-corrected chi connectivity index (χ3v) is 2.71. The zero-order valence-corrected chi connectivity index (χ0v) is 7.73. The zero-order chi connectivity index (χ0) is 8.97. The second kappa shape index (κ2) is 4.24. The van der Waals surface area contributed by atoms with Crippen LogP contribution in [0.4, 0.5) is 0 Å². The van der Waals surface area contributed by atoms with Gasteiger partial charge in [0.25, 0.3) is 0 Å². The molecule has 1 unspecified atom stereocenters. The van der Waals surface area contributed by atoms with Gasteiger partial charge in [0.05, 0.1) is 16.9 Å². The van der Waals surface area contributed by atoms with Gasteiger partial charge in [-0.3, -0.25) is 4.21 Å². The summed E-state index contributed by atoms with van der Waals surface area (Å²) in [7, 11) is -1.21. The third kappa shape index (κ3) is 2.33. The van der Waals surface area contributed by atoms with Gasteiger partial charge < -0.3 is 0 Å². The molecule has 0 bridgehead atoms. The molecule has 1 atom stereocenters. The van der Waals surface area contributed by atoms with Crippen molar-refractivity contribution in [1.82, 2.24) is 0 Å². The van der Waals surface area contributed by atoms with Gasteiger partial charge in [-0.1, -0.05) is 11.6 Å². The molecule has 0 saturated carbocycles. The third-order valence-electron chi connectivity index (χ3n) is 1.27. The first-order chi connectivity index (χ1) is 5.74. The SMILES string of the molecule is N#CCS(=O)c1ccc(Cl)cc1. The fraction of sp³-hybridized carbons (Fsp3) is 0.125. The van der Waals surface area contributed by atoms with E-state index >= 15 is 0 Å². The van der Waals surface area contributed by atoms with Crippen molar-refractivity contribution in [2.75, 3.05) is 5.75 Å². The van der Waals surface area contributed by atoms with Gasteiger partial charge in [-0.2, -0.15) is 5.26 Å². The average Bonchev–Trinajstić information content (AvgIpc) is 2.06. The highest BCUT2D eigenvalue weighted by molar-refractivity contribution is 7.85. The smallest absolute Gasteiger partial charge is 0.115 e. The summed E-state index contributed by atoms with van der Waals surface area (Å²) in [6, 6.07) is 8.49. The molecule has 4 heteroatoms. The van der Waals surface area contributed by atoms with Crippen LogP contribution in [0.1, 0.15) is 0 Å². The Kier molecular flexibility index (Phi) is 3.27. The van der Waals surface area contributed by atoms with Crippen molar-refractivity contribution in [1.29, 1.82) is 5.26 Å². The molecule has 0 spiro atoms. The van der Waals surface area contributed by atoms with Gasteiger partial charge in [0.15, 0.2) is 0 Å². The largest absolute Gasteiger partial charge is 0.253 e. The molecule has 12 heavy (non-hydrogen) atoms. The summed E-state index contributed by atoms with van der Waals surface area (Å²) in [5.74, 6) is 0.0294. The number of nitrogens with zero attached hydrogens (tertiary/aromatic N) is 1. The second-order valence-corrected chi connectivity index (χ2v) is 3.99. The molecular formula is C8H6ClNOS. The average molecular weight is 200 g/mol. The number of benzene rings is 1. The standard InChI is InChI=1S/C8H6ClNOS/c9-7-1-3-8(4-2-7)12(11)6-5-10/h1-4H,6H2. The summed E-state index contributed by atoms with van der Waals surface area (Å²) in [5, 5.41) is 8.89. The van der Waals surface area contributed by atoms with Gasteiger partial charge in [0, 0.05) is 9.92 Å². The predicted octanol–water partition coefficient (Wildman–Crippen LogP) is 1.97.